The fourth-order valence-corrected chi connectivity index (χ4v) is 10.2. The number of rotatable bonds is 7. The van der Waals surface area contributed by atoms with Crippen LogP contribution < -0.4 is 14.5 Å². The third-order valence-electron chi connectivity index (χ3n) is 12.4. The van der Waals surface area contributed by atoms with Gasteiger partial charge in [0.1, 0.15) is 11.3 Å². The van der Waals surface area contributed by atoms with Crippen molar-refractivity contribution in [3.8, 4) is 11.5 Å². The first-order valence-corrected chi connectivity index (χ1v) is 22.7. The van der Waals surface area contributed by atoms with Gasteiger partial charge in [0.2, 0.25) is 0 Å². The molecule has 3 N–H and O–H groups in total. The lowest BCUT2D eigenvalue weighted by atomic mass is 9.80. The molecule has 1 saturated heterocycles. The van der Waals surface area contributed by atoms with E-state index in [-0.39, 0.29) is 24.4 Å². The number of halogens is 2. The number of aromatic amines is 1. The average Bonchev–Trinajstić information content (AvgIpc) is 3.62. The molecule has 2 unspecified atom stereocenters. The van der Waals surface area contributed by atoms with Crippen molar-refractivity contribution >= 4 is 38.6 Å². The fraction of sp³-hybridized carbons (Fsp3) is 0.628. The molecule has 0 bridgehead atoms. The Hall–Kier alpha value is -3.79. The van der Waals surface area contributed by atoms with Crippen LogP contribution in [-0.4, -0.2) is 89.7 Å². The Balaban J connectivity index is 1.29. The Morgan fingerprint density at radius 3 is 2.29 bits per heavy atom. The topological polar surface area (TPSA) is 149 Å². The highest BCUT2D eigenvalue weighted by molar-refractivity contribution is 7.86. The zero-order valence-corrected chi connectivity index (χ0v) is 34.9. The predicted molar refractivity (Wildman–Crippen MR) is 222 cm³/mol. The van der Waals surface area contributed by atoms with Gasteiger partial charge >= 0.3 is 6.03 Å². The molecular formula is C43H61F2N5O7S. The van der Waals surface area contributed by atoms with Crippen molar-refractivity contribution in [2.24, 2.45) is 0 Å². The molecule has 2 aliphatic heterocycles. The Morgan fingerprint density at radius 1 is 0.931 bits per heavy atom. The van der Waals surface area contributed by atoms with Crippen molar-refractivity contribution < 1.29 is 41.1 Å². The third kappa shape index (κ3) is 10.1. The zero-order chi connectivity index (χ0) is 41.3. The highest BCUT2D eigenvalue weighted by Crippen LogP contribution is 2.43. The number of benzene rings is 1. The summed E-state index contributed by atoms with van der Waals surface area (Å²) in [5.74, 6) is -3.52. The number of anilines is 2. The highest BCUT2D eigenvalue weighted by atomic mass is 32.2. The number of nitrogens with one attached hydrogen (secondary N) is 1. The summed E-state index contributed by atoms with van der Waals surface area (Å²) >= 11 is 0. The van der Waals surface area contributed by atoms with Crippen LogP contribution in [0.2, 0.25) is 0 Å². The van der Waals surface area contributed by atoms with Gasteiger partial charge in [-0.2, -0.15) is 8.42 Å². The van der Waals surface area contributed by atoms with Crippen molar-refractivity contribution in [3.63, 3.8) is 0 Å². The number of amides is 2. The minimum atomic E-state index is -4.07. The summed E-state index contributed by atoms with van der Waals surface area (Å²) in [6, 6.07) is 2.30. The monoisotopic (exact) mass is 829 g/mol. The number of morpholine rings is 1. The summed E-state index contributed by atoms with van der Waals surface area (Å²) < 4.78 is 75.8. The molecule has 3 aliphatic rings. The van der Waals surface area contributed by atoms with E-state index in [1.165, 1.54) is 18.4 Å². The molecule has 1 aliphatic carbocycles. The number of carbonyl (C=O) groups excluding carboxylic acids is 1. The molecule has 1 aromatic carbocycles. The largest absolute Gasteiger partial charge is 0.505 e. The lowest BCUT2D eigenvalue weighted by Crippen LogP contribution is -2.55. The minimum Gasteiger partial charge on any atom is -0.505 e. The zero-order valence-electron chi connectivity index (χ0n) is 34.1. The first kappa shape index (κ1) is 43.8. The minimum absolute atomic E-state index is 0.158. The molecule has 320 valence electrons. The average molecular weight is 830 g/mol. The molecule has 0 saturated carbocycles. The van der Waals surface area contributed by atoms with Gasteiger partial charge in [-0.3, -0.25) is 19.3 Å². The number of hydrogen-bond acceptors (Lipinski definition) is 8. The summed E-state index contributed by atoms with van der Waals surface area (Å²) in [7, 11) is -2.87. The molecule has 0 radical (unpaired) electrons. The predicted octanol–water partition coefficient (Wildman–Crippen LogP) is 9.20. The molecule has 6 rings (SSSR count). The SMILES string of the molecule is CCN1C(=O)N(c2c(F)c(O)cc(OC)c2F)Cc2cnc3[nH]c(CC4(N5CCOCC5)CC/C=C\CCCC(S(=O)(=O)O)CCCCCCCCCCC4)cc3c21. The van der Waals surface area contributed by atoms with Crippen LogP contribution in [-0.2, 0) is 27.8 Å². The highest BCUT2D eigenvalue weighted by Gasteiger charge is 2.39. The summed E-state index contributed by atoms with van der Waals surface area (Å²) in [6.07, 6.45) is 21.6. The second-order valence-electron chi connectivity index (χ2n) is 16.2. The van der Waals surface area contributed by atoms with E-state index in [0.29, 0.717) is 55.8 Å². The van der Waals surface area contributed by atoms with Crippen molar-refractivity contribution in [3.05, 3.63) is 53.4 Å². The molecule has 58 heavy (non-hydrogen) atoms. The molecular weight excluding hydrogens is 769 g/mol. The molecule has 12 nitrogen and oxygen atoms in total. The van der Waals surface area contributed by atoms with Crippen LogP contribution in [0.5, 0.6) is 11.5 Å². The van der Waals surface area contributed by atoms with Crippen molar-refractivity contribution in [1.29, 1.82) is 0 Å². The van der Waals surface area contributed by atoms with E-state index in [4.69, 9.17) is 14.5 Å². The Kier molecular flexibility index (Phi) is 15.1. The van der Waals surface area contributed by atoms with Crippen LogP contribution in [0.1, 0.15) is 121 Å². The molecule has 2 atom stereocenters. The number of urea groups is 1. The quantitative estimate of drug-likeness (QED) is 0.157. The van der Waals surface area contributed by atoms with Crippen LogP contribution in [0.25, 0.3) is 11.0 Å². The number of phenols is 1. The number of pyridine rings is 1. The third-order valence-corrected chi connectivity index (χ3v) is 13.7. The molecule has 3 aromatic rings. The van der Waals surface area contributed by atoms with Gasteiger partial charge in [0.25, 0.3) is 10.1 Å². The summed E-state index contributed by atoms with van der Waals surface area (Å²) in [6.45, 7) is 4.82. The van der Waals surface area contributed by atoms with Gasteiger partial charge < -0.3 is 19.6 Å². The number of nitrogens with zero attached hydrogens (tertiary/aromatic N) is 4. The van der Waals surface area contributed by atoms with Crippen LogP contribution in [0, 0.1) is 11.6 Å². The number of fused-ring (bicyclic) bond motifs is 3. The second-order valence-corrected chi connectivity index (χ2v) is 17.9. The molecule has 2 aromatic heterocycles. The van der Waals surface area contributed by atoms with Gasteiger partial charge in [0, 0.05) is 60.5 Å². The number of ether oxygens (including phenoxy) is 2. The number of carbonyl (C=O) groups is 1. The summed E-state index contributed by atoms with van der Waals surface area (Å²) in [5, 5.41) is 10.3. The normalized spacial score (nSPS) is 23.7. The maximum absolute atomic E-state index is 15.5. The lowest BCUT2D eigenvalue weighted by Gasteiger charge is -2.46. The van der Waals surface area contributed by atoms with E-state index in [0.717, 1.165) is 112 Å². The van der Waals surface area contributed by atoms with E-state index in [1.54, 1.807) is 13.1 Å². The lowest BCUT2D eigenvalue weighted by molar-refractivity contribution is -0.0308. The van der Waals surface area contributed by atoms with Crippen molar-refractivity contribution in [1.82, 2.24) is 14.9 Å². The Morgan fingerprint density at radius 2 is 1.60 bits per heavy atom. The van der Waals surface area contributed by atoms with Gasteiger partial charge in [-0.1, -0.05) is 69.9 Å². The second kappa shape index (κ2) is 20.0. The van der Waals surface area contributed by atoms with E-state index in [2.05, 4.69) is 28.1 Å². The standard InChI is InChI=1S/C43H61F2N5O7S/c1-3-49-39-31(30-50(42(49)52)40-37(44)35(51)27-36(56-2)38(40)45)29-46-41-34(39)26-32(47-41)28-43(48-22-24-57-25-23-48)20-16-12-8-6-4-5-7-10-14-18-33(58(53,54)55)19-15-11-9-13-17-21-43/h9,13,26-27,29,33,51H,3-8,10-12,14-25,28,30H2,1-2H3,(H,46,47)(H,53,54,55)/b13-9-. The van der Waals surface area contributed by atoms with Crippen molar-refractivity contribution in [2.75, 3.05) is 49.8 Å². The number of hydrogen-bond donors (Lipinski definition) is 3. The smallest absolute Gasteiger partial charge is 0.329 e. The van der Waals surface area contributed by atoms with Gasteiger partial charge in [-0.25, -0.2) is 18.6 Å². The number of allylic oxidation sites excluding steroid dienone is 2. The van der Waals surface area contributed by atoms with Crippen LogP contribution in [0.3, 0.4) is 0 Å². The Bertz CT molecular complexity index is 2000. The molecule has 0 spiro atoms. The van der Waals surface area contributed by atoms with Gasteiger partial charge in [-0.05, 0) is 57.9 Å². The van der Waals surface area contributed by atoms with E-state index < -0.39 is 44.5 Å². The number of aromatic nitrogens is 2. The fourth-order valence-electron chi connectivity index (χ4n) is 9.28. The van der Waals surface area contributed by atoms with Crippen molar-refractivity contribution in [2.45, 2.75) is 133 Å². The van der Waals surface area contributed by atoms with E-state index in [9.17, 15) is 22.9 Å². The maximum Gasteiger partial charge on any atom is 0.329 e. The molecule has 15 heteroatoms. The van der Waals surface area contributed by atoms with E-state index in [1.807, 2.05) is 0 Å². The van der Waals surface area contributed by atoms with Gasteiger partial charge in [0.15, 0.2) is 23.1 Å². The molecule has 1 fully saturated rings. The van der Waals surface area contributed by atoms with Gasteiger partial charge in [-0.15, -0.1) is 0 Å². The number of H-pyrrole nitrogens is 1. The summed E-state index contributed by atoms with van der Waals surface area (Å²) in [4.78, 5) is 27.5. The van der Waals surface area contributed by atoms with Crippen LogP contribution in [0.15, 0.2) is 30.5 Å². The number of phenolic OH excluding ortho intramolecular Hbond substituents is 1. The number of aromatic hydroxyl groups is 1. The summed E-state index contributed by atoms with van der Waals surface area (Å²) in [5.41, 5.74) is 1.97. The molecule has 2 amide bonds. The Labute approximate surface area is 341 Å². The maximum atomic E-state index is 15.5. The van der Waals surface area contributed by atoms with Gasteiger partial charge in [0.05, 0.1) is 37.8 Å². The van der Waals surface area contributed by atoms with Crippen LogP contribution in [0.4, 0.5) is 25.0 Å². The van der Waals surface area contributed by atoms with Crippen LogP contribution >= 0.6 is 0 Å². The number of methoxy groups -OCH3 is 1. The first-order valence-electron chi connectivity index (χ1n) is 21.2. The first-order chi connectivity index (χ1) is 28.0. The molecule has 4 heterocycles. The van der Waals surface area contributed by atoms with E-state index >= 15 is 8.78 Å².